The first kappa shape index (κ1) is 17.1. The Hall–Kier alpha value is -0.300. The van der Waals surface area contributed by atoms with Crippen LogP contribution in [0.2, 0.25) is 0 Å². The predicted octanol–water partition coefficient (Wildman–Crippen LogP) is 5.95. The van der Waals surface area contributed by atoms with Crippen molar-refractivity contribution in [2.45, 2.75) is 71.1 Å². The molecule has 0 saturated heterocycles. The van der Waals surface area contributed by atoms with E-state index in [1.54, 1.807) is 22.1 Å². The van der Waals surface area contributed by atoms with Crippen molar-refractivity contribution in [3.8, 4) is 0 Å². The molecule has 2 aromatic carbocycles. The Kier molecular flexibility index (Phi) is 6.79. The minimum Gasteiger partial charge on any atom is -0.168 e. The Balaban J connectivity index is 0.00000161. The molecular formula is C20H27Hf-. The summed E-state index contributed by atoms with van der Waals surface area (Å²) in [7, 11) is 0. The van der Waals surface area contributed by atoms with Crippen molar-refractivity contribution in [3.63, 3.8) is 0 Å². The van der Waals surface area contributed by atoms with E-state index < -0.39 is 0 Å². The van der Waals surface area contributed by atoms with Gasteiger partial charge in [0.2, 0.25) is 0 Å². The van der Waals surface area contributed by atoms with Crippen molar-refractivity contribution in [1.29, 1.82) is 0 Å². The molecular weight excluding hydrogens is 419 g/mol. The Labute approximate surface area is 148 Å². The zero-order valence-corrected chi connectivity index (χ0v) is 17.0. The SMILES string of the molecule is CCCCCCCC[c-]1ccc2cc3c(cc21)CCC3.[Hf]. The molecule has 0 nitrogen and oxygen atoms in total. The molecule has 0 N–H and O–H groups in total. The van der Waals surface area contributed by atoms with Crippen molar-refractivity contribution in [1.82, 2.24) is 0 Å². The van der Waals surface area contributed by atoms with E-state index in [9.17, 15) is 0 Å². The summed E-state index contributed by atoms with van der Waals surface area (Å²) in [6, 6.07) is 9.64. The summed E-state index contributed by atoms with van der Waals surface area (Å²) in [5.74, 6) is 0. The molecule has 1 aliphatic rings. The van der Waals surface area contributed by atoms with Crippen LogP contribution in [-0.2, 0) is 45.1 Å². The summed E-state index contributed by atoms with van der Waals surface area (Å²) in [5.41, 5.74) is 4.81. The third-order valence-electron chi connectivity index (χ3n) is 4.87. The van der Waals surface area contributed by atoms with Gasteiger partial charge in [0.05, 0.1) is 0 Å². The van der Waals surface area contributed by atoms with E-state index >= 15 is 0 Å². The molecule has 1 aliphatic carbocycles. The van der Waals surface area contributed by atoms with Gasteiger partial charge in [-0.1, -0.05) is 63.0 Å². The second-order valence-corrected chi connectivity index (χ2v) is 6.44. The van der Waals surface area contributed by atoms with Crippen molar-refractivity contribution >= 4 is 10.8 Å². The molecule has 1 heteroatoms. The summed E-state index contributed by atoms with van der Waals surface area (Å²) in [5, 5.41) is 3.02. The molecule has 0 atom stereocenters. The van der Waals surface area contributed by atoms with Crippen LogP contribution in [0.1, 0.15) is 68.6 Å². The molecule has 21 heavy (non-hydrogen) atoms. The molecule has 0 bridgehead atoms. The predicted molar refractivity (Wildman–Crippen MR) is 88.6 cm³/mol. The first-order valence-electron chi connectivity index (χ1n) is 8.58. The van der Waals surface area contributed by atoms with Crippen LogP contribution in [0.3, 0.4) is 0 Å². The van der Waals surface area contributed by atoms with E-state index in [0.717, 1.165) is 0 Å². The molecule has 0 saturated carbocycles. The molecule has 0 unspecified atom stereocenters. The van der Waals surface area contributed by atoms with Gasteiger partial charge >= 0.3 is 0 Å². The normalized spacial score (nSPS) is 13.4. The van der Waals surface area contributed by atoms with Crippen molar-refractivity contribution in [3.05, 3.63) is 41.0 Å². The van der Waals surface area contributed by atoms with Gasteiger partial charge in [-0.15, -0.1) is 34.5 Å². The maximum Gasteiger partial charge on any atom is 0 e. The molecule has 3 rings (SSSR count). The fourth-order valence-electron chi connectivity index (χ4n) is 3.65. The number of unbranched alkanes of at least 4 members (excludes halogenated alkanes) is 5. The minimum absolute atomic E-state index is 0. The zero-order valence-electron chi connectivity index (χ0n) is 13.4. The largest absolute Gasteiger partial charge is 0.168 e. The smallest absolute Gasteiger partial charge is 0 e. The Morgan fingerprint density at radius 1 is 0.952 bits per heavy atom. The topological polar surface area (TPSA) is 0 Å². The molecule has 2 aromatic rings. The van der Waals surface area contributed by atoms with Gasteiger partial charge in [-0.3, -0.25) is 0 Å². The Morgan fingerprint density at radius 3 is 2.48 bits per heavy atom. The van der Waals surface area contributed by atoms with E-state index in [2.05, 4.69) is 31.2 Å². The number of aryl methyl sites for hydroxylation is 3. The van der Waals surface area contributed by atoms with Gasteiger partial charge in [-0.05, 0) is 19.3 Å². The second-order valence-electron chi connectivity index (χ2n) is 6.44. The fourth-order valence-corrected chi connectivity index (χ4v) is 3.65. The minimum atomic E-state index is 0. The number of fused-ring (bicyclic) bond motifs is 2. The van der Waals surface area contributed by atoms with Crippen LogP contribution >= 0.6 is 0 Å². The maximum absolute atomic E-state index is 2.49. The fraction of sp³-hybridized carbons (Fsp3) is 0.550. The van der Waals surface area contributed by atoms with Crippen LogP contribution in [0.25, 0.3) is 10.8 Å². The molecule has 0 radical (unpaired) electrons. The Morgan fingerprint density at radius 2 is 1.67 bits per heavy atom. The molecule has 0 spiro atoms. The van der Waals surface area contributed by atoms with Crippen LogP contribution in [-0.4, -0.2) is 0 Å². The standard InChI is InChI=1S/C20H27.Hf/c1-2-3-4-5-6-7-9-16-12-13-19-14-17-10-8-11-18(17)15-20(16)19;/h12-15H,2-11H2,1H3;/q-1;. The molecule has 0 aromatic heterocycles. The van der Waals surface area contributed by atoms with Gasteiger partial charge in [0, 0.05) is 25.8 Å². The first-order valence-corrected chi connectivity index (χ1v) is 8.58. The molecule has 0 amide bonds. The zero-order chi connectivity index (χ0) is 13.8. The molecule has 0 aliphatic heterocycles. The van der Waals surface area contributed by atoms with E-state index in [4.69, 9.17) is 0 Å². The van der Waals surface area contributed by atoms with Crippen molar-refractivity contribution in [2.24, 2.45) is 0 Å². The van der Waals surface area contributed by atoms with E-state index in [0.29, 0.717) is 0 Å². The third kappa shape index (κ3) is 4.12. The summed E-state index contributed by atoms with van der Waals surface area (Å²) in [6.45, 7) is 2.29. The summed E-state index contributed by atoms with van der Waals surface area (Å²) in [6.07, 6.45) is 13.6. The van der Waals surface area contributed by atoms with Crippen LogP contribution in [0.15, 0.2) is 24.3 Å². The summed E-state index contributed by atoms with van der Waals surface area (Å²) < 4.78 is 0. The van der Waals surface area contributed by atoms with Gasteiger partial charge in [-0.2, -0.15) is 6.07 Å². The van der Waals surface area contributed by atoms with E-state index in [-0.39, 0.29) is 25.8 Å². The van der Waals surface area contributed by atoms with Crippen LogP contribution in [0.5, 0.6) is 0 Å². The average Bonchev–Trinajstić information content (AvgIpc) is 3.06. The number of benzene rings is 1. The van der Waals surface area contributed by atoms with E-state index in [1.807, 2.05) is 0 Å². The number of hydrogen-bond donors (Lipinski definition) is 0. The monoisotopic (exact) mass is 447 g/mol. The second kappa shape index (κ2) is 8.36. The first-order chi connectivity index (χ1) is 9.88. The Bertz CT molecular complexity index is 564. The number of rotatable bonds is 7. The molecule has 112 valence electrons. The van der Waals surface area contributed by atoms with Crippen molar-refractivity contribution < 1.29 is 25.8 Å². The van der Waals surface area contributed by atoms with Crippen LogP contribution in [0, 0.1) is 0 Å². The van der Waals surface area contributed by atoms with Crippen LogP contribution in [0.4, 0.5) is 0 Å². The van der Waals surface area contributed by atoms with Gasteiger partial charge in [-0.25, -0.2) is 0 Å². The summed E-state index contributed by atoms with van der Waals surface area (Å²) in [4.78, 5) is 0. The number of hydrogen-bond acceptors (Lipinski definition) is 0. The maximum atomic E-state index is 2.49. The quantitative estimate of drug-likeness (QED) is 0.281. The van der Waals surface area contributed by atoms with Gasteiger partial charge in [0.25, 0.3) is 0 Å². The average molecular weight is 446 g/mol. The van der Waals surface area contributed by atoms with Gasteiger partial charge in [0.15, 0.2) is 0 Å². The molecule has 0 fully saturated rings. The van der Waals surface area contributed by atoms with Gasteiger partial charge in [0.1, 0.15) is 0 Å². The van der Waals surface area contributed by atoms with Gasteiger partial charge < -0.3 is 0 Å². The van der Waals surface area contributed by atoms with Crippen LogP contribution < -0.4 is 0 Å². The summed E-state index contributed by atoms with van der Waals surface area (Å²) >= 11 is 0. The van der Waals surface area contributed by atoms with Crippen molar-refractivity contribution in [2.75, 3.05) is 0 Å². The van der Waals surface area contributed by atoms with E-state index in [1.165, 1.54) is 69.6 Å². The molecule has 0 heterocycles. The third-order valence-corrected chi connectivity index (χ3v) is 4.87.